The number of hydrogen-bond donors (Lipinski definition) is 3. The van der Waals surface area contributed by atoms with Crippen molar-refractivity contribution in [1.82, 2.24) is 14.5 Å². The Morgan fingerprint density at radius 1 is 1.18 bits per heavy atom. The fourth-order valence-corrected chi connectivity index (χ4v) is 5.87. The number of nitrogens with zero attached hydrogens (tertiary/aromatic N) is 4. The van der Waals surface area contributed by atoms with Crippen molar-refractivity contribution in [3.63, 3.8) is 0 Å². The first-order valence-corrected chi connectivity index (χ1v) is 14.2. The molecule has 2 heterocycles. The molecule has 1 fully saturated rings. The van der Waals surface area contributed by atoms with Crippen LogP contribution in [0.5, 0.6) is 0 Å². The highest BCUT2D eigenvalue weighted by Crippen LogP contribution is 2.32. The number of piperidine rings is 1. The second-order valence-corrected chi connectivity index (χ2v) is 11.2. The molecule has 1 aliphatic carbocycles. The number of hydrogen-bond acceptors (Lipinski definition) is 7. The number of aliphatic imine (C=N–C) groups is 1. The Bertz CT molecular complexity index is 1490. The van der Waals surface area contributed by atoms with Crippen molar-refractivity contribution < 1.29 is 5.11 Å². The Labute approximate surface area is 240 Å². The van der Waals surface area contributed by atoms with Crippen LogP contribution in [0.2, 0.25) is 5.02 Å². The molecule has 1 aliphatic heterocycles. The second kappa shape index (κ2) is 12.1. The van der Waals surface area contributed by atoms with E-state index >= 15 is 0 Å². The summed E-state index contributed by atoms with van der Waals surface area (Å²) in [5.74, 6) is 0. The summed E-state index contributed by atoms with van der Waals surface area (Å²) < 4.78 is 1.41. The van der Waals surface area contributed by atoms with Crippen LogP contribution in [-0.2, 0) is 19.6 Å². The third kappa shape index (κ3) is 6.05. The van der Waals surface area contributed by atoms with Gasteiger partial charge in [0.05, 0.1) is 24.2 Å². The summed E-state index contributed by atoms with van der Waals surface area (Å²) in [5, 5.41) is 12.1. The number of likely N-dealkylation sites (tertiary alicyclic amines) is 1. The van der Waals surface area contributed by atoms with Crippen molar-refractivity contribution in [2.24, 2.45) is 10.7 Å². The van der Waals surface area contributed by atoms with E-state index in [1.165, 1.54) is 28.5 Å². The Balaban J connectivity index is 1.23. The summed E-state index contributed by atoms with van der Waals surface area (Å²) in [6.07, 6.45) is 8.28. The van der Waals surface area contributed by atoms with Crippen molar-refractivity contribution in [1.29, 1.82) is 0 Å². The van der Waals surface area contributed by atoms with E-state index in [4.69, 9.17) is 23.1 Å². The topological polar surface area (TPSA) is 123 Å². The van der Waals surface area contributed by atoms with Crippen molar-refractivity contribution in [2.45, 2.75) is 57.3 Å². The minimum Gasteiger partial charge on any atom is -0.392 e. The van der Waals surface area contributed by atoms with Gasteiger partial charge in [-0.15, -0.1) is 0 Å². The molecule has 9 heteroatoms. The van der Waals surface area contributed by atoms with Crippen LogP contribution < -0.4 is 17.0 Å². The first-order valence-electron chi connectivity index (χ1n) is 13.8. The number of aromatic nitrogens is 2. The number of halogens is 1. The summed E-state index contributed by atoms with van der Waals surface area (Å²) in [6, 6.07) is 14.0. The van der Waals surface area contributed by atoms with Gasteiger partial charge in [-0.25, -0.2) is 4.98 Å². The lowest BCUT2D eigenvalue weighted by Crippen LogP contribution is -2.48. The van der Waals surface area contributed by atoms with Gasteiger partial charge in [0.25, 0.3) is 5.56 Å². The zero-order valence-electron chi connectivity index (χ0n) is 22.9. The molecule has 5 rings (SSSR count). The van der Waals surface area contributed by atoms with Gasteiger partial charge in [0, 0.05) is 43.8 Å². The maximum atomic E-state index is 13.2. The Morgan fingerprint density at radius 3 is 2.55 bits per heavy atom. The monoisotopic (exact) mass is 560 g/mol. The predicted octanol–water partition coefficient (Wildman–Crippen LogP) is 4.00. The van der Waals surface area contributed by atoms with Crippen LogP contribution in [-0.4, -0.2) is 51.0 Å². The lowest BCUT2D eigenvalue weighted by atomic mass is 9.91. The zero-order chi connectivity index (χ0) is 28.3. The Morgan fingerprint density at radius 2 is 1.93 bits per heavy atom. The molecule has 210 valence electrons. The van der Waals surface area contributed by atoms with Crippen molar-refractivity contribution in [3.8, 4) is 0 Å². The molecule has 0 saturated carbocycles. The minimum atomic E-state index is -1.03. The molecule has 0 spiro atoms. The van der Waals surface area contributed by atoms with E-state index < -0.39 is 5.60 Å². The van der Waals surface area contributed by atoms with Gasteiger partial charge in [-0.1, -0.05) is 54.1 Å². The van der Waals surface area contributed by atoms with Crippen LogP contribution in [0, 0.1) is 0 Å². The number of nitrogens with two attached hydrogens (primary N) is 2. The van der Waals surface area contributed by atoms with Gasteiger partial charge in [0.1, 0.15) is 11.4 Å². The molecule has 0 radical (unpaired) electrons. The van der Waals surface area contributed by atoms with E-state index in [1.54, 1.807) is 7.05 Å². The highest BCUT2D eigenvalue weighted by Gasteiger charge is 2.33. The van der Waals surface area contributed by atoms with E-state index in [-0.39, 0.29) is 17.8 Å². The van der Waals surface area contributed by atoms with Gasteiger partial charge in [-0.2, -0.15) is 0 Å². The molecule has 5 N–H and O–H groups in total. The quantitative estimate of drug-likeness (QED) is 0.358. The van der Waals surface area contributed by atoms with Crippen LogP contribution in [0.4, 0.5) is 5.69 Å². The number of rotatable bonds is 8. The molecule has 0 amide bonds. The van der Waals surface area contributed by atoms with E-state index in [2.05, 4.69) is 39.2 Å². The largest absolute Gasteiger partial charge is 0.392 e. The summed E-state index contributed by atoms with van der Waals surface area (Å²) in [4.78, 5) is 24.3. The summed E-state index contributed by atoms with van der Waals surface area (Å²) >= 11 is 6.65. The van der Waals surface area contributed by atoms with Gasteiger partial charge in [0.2, 0.25) is 0 Å². The molecular weight excluding hydrogens is 524 g/mol. The maximum absolute atomic E-state index is 13.2. The molecule has 0 unspecified atom stereocenters. The average molecular weight is 561 g/mol. The summed E-state index contributed by atoms with van der Waals surface area (Å²) in [6.45, 7) is 2.69. The van der Waals surface area contributed by atoms with Gasteiger partial charge in [-0.05, 0) is 60.4 Å². The molecule has 2 aliphatic rings. The number of aliphatic hydroxyl groups is 1. The van der Waals surface area contributed by atoms with Crippen LogP contribution >= 0.6 is 11.6 Å². The highest BCUT2D eigenvalue weighted by atomic mass is 35.5. The normalized spacial score (nSPS) is 17.7. The van der Waals surface area contributed by atoms with Crippen LogP contribution in [0.1, 0.15) is 60.1 Å². The van der Waals surface area contributed by atoms with Crippen molar-refractivity contribution >= 4 is 28.6 Å². The van der Waals surface area contributed by atoms with Gasteiger partial charge >= 0.3 is 0 Å². The van der Waals surface area contributed by atoms with Gasteiger partial charge in [-0.3, -0.25) is 19.3 Å². The van der Waals surface area contributed by atoms with Crippen molar-refractivity contribution in [2.75, 3.05) is 25.9 Å². The lowest BCUT2D eigenvalue weighted by molar-refractivity contribution is -0.0365. The van der Waals surface area contributed by atoms with Gasteiger partial charge in [0.15, 0.2) is 0 Å². The Kier molecular flexibility index (Phi) is 8.51. The zero-order valence-corrected chi connectivity index (χ0v) is 23.7. The molecule has 3 aromatic rings. The molecule has 2 aromatic carbocycles. The SMILES string of the molecule is CN=C(c1ccc(CN)cc1)c1ncn(CC2(O)CCN(Cc3ccc(C4=CCCC4)cc3Cl)CC2)c(=O)c1N. The van der Waals surface area contributed by atoms with E-state index in [0.717, 1.165) is 41.1 Å². The fourth-order valence-electron chi connectivity index (χ4n) is 5.63. The summed E-state index contributed by atoms with van der Waals surface area (Å²) in [7, 11) is 1.64. The second-order valence-electron chi connectivity index (χ2n) is 10.8. The highest BCUT2D eigenvalue weighted by molar-refractivity contribution is 6.31. The summed E-state index contributed by atoms with van der Waals surface area (Å²) in [5.41, 5.74) is 16.9. The molecule has 8 nitrogen and oxygen atoms in total. The third-order valence-electron chi connectivity index (χ3n) is 8.09. The van der Waals surface area contributed by atoms with E-state index in [9.17, 15) is 9.90 Å². The van der Waals surface area contributed by atoms with Crippen molar-refractivity contribution in [3.05, 3.63) is 98.2 Å². The fraction of sp³-hybridized carbons (Fsp3) is 0.387. The molecule has 0 atom stereocenters. The minimum absolute atomic E-state index is 0.0125. The van der Waals surface area contributed by atoms with Crippen LogP contribution in [0.3, 0.4) is 0 Å². The lowest BCUT2D eigenvalue weighted by Gasteiger charge is -2.38. The number of anilines is 1. The molecule has 1 aromatic heterocycles. The number of benzene rings is 2. The standard InChI is InChI=1S/C31H37ClN6O2/c1-35-28(23-8-6-21(17-33)7-9-23)29-27(34)30(39)38(20-36-29)19-31(40)12-14-37(15-13-31)18-25-11-10-24(16-26(25)32)22-4-2-3-5-22/h4,6-11,16,20,40H,2-3,5,12-15,17-19,33-34H2,1H3. The molecule has 0 bridgehead atoms. The molecular formula is C31H37ClN6O2. The first-order chi connectivity index (χ1) is 19.3. The van der Waals surface area contributed by atoms with Crippen LogP contribution in [0.15, 0.2) is 64.7 Å². The smallest absolute Gasteiger partial charge is 0.277 e. The van der Waals surface area contributed by atoms with E-state index in [1.807, 2.05) is 24.3 Å². The van der Waals surface area contributed by atoms with Crippen LogP contribution in [0.25, 0.3) is 5.57 Å². The predicted molar refractivity (Wildman–Crippen MR) is 162 cm³/mol. The molecule has 1 saturated heterocycles. The third-order valence-corrected chi connectivity index (χ3v) is 8.45. The average Bonchev–Trinajstić information content (AvgIpc) is 3.51. The maximum Gasteiger partial charge on any atom is 0.277 e. The Hall–Kier alpha value is -3.30. The van der Waals surface area contributed by atoms with Gasteiger partial charge < -0.3 is 16.6 Å². The number of nitrogen functional groups attached to an aromatic ring is 1. The molecule has 40 heavy (non-hydrogen) atoms. The van der Waals surface area contributed by atoms with E-state index in [0.29, 0.717) is 43.9 Å². The number of allylic oxidation sites excluding steroid dienone is 2. The first kappa shape index (κ1) is 28.2.